The van der Waals surface area contributed by atoms with Crippen LogP contribution in [-0.2, 0) is 0 Å². The van der Waals surface area contributed by atoms with Gasteiger partial charge < -0.3 is 11.5 Å². The molecule has 1 heterocycles. The Morgan fingerprint density at radius 1 is 1.07 bits per heavy atom. The molecule has 3 rings (SSSR count). The number of anilines is 1. The van der Waals surface area contributed by atoms with Crippen molar-refractivity contribution in [3.05, 3.63) is 71.8 Å². The van der Waals surface area contributed by atoms with Crippen molar-refractivity contribution in [1.82, 2.24) is 0 Å². The van der Waals surface area contributed by atoms with E-state index in [2.05, 4.69) is 9.98 Å². The maximum Gasteiger partial charge on any atom is 0.220 e. The molecule has 0 aliphatic carbocycles. The van der Waals surface area contributed by atoms with Gasteiger partial charge in [-0.15, -0.1) is 12.4 Å². The highest BCUT2D eigenvalue weighted by Crippen LogP contribution is 2.28. The second kappa shape index (κ2) is 8.05. The molecule has 1 aliphatic rings. The van der Waals surface area contributed by atoms with Crippen molar-refractivity contribution in [2.24, 2.45) is 21.5 Å². The van der Waals surface area contributed by atoms with E-state index in [9.17, 15) is 4.79 Å². The van der Waals surface area contributed by atoms with E-state index >= 15 is 0 Å². The van der Waals surface area contributed by atoms with Gasteiger partial charge in [-0.2, -0.15) is 4.99 Å². The molecular formula is C20H22ClN5O. The van der Waals surface area contributed by atoms with Crippen LogP contribution in [0.4, 0.5) is 5.69 Å². The summed E-state index contributed by atoms with van der Waals surface area (Å²) in [4.78, 5) is 22.4. The summed E-state index contributed by atoms with van der Waals surface area (Å²) in [6.07, 6.45) is 3.34. The molecule has 0 radical (unpaired) electrons. The lowest BCUT2D eigenvalue weighted by Gasteiger charge is -2.38. The van der Waals surface area contributed by atoms with Gasteiger partial charge in [0.25, 0.3) is 0 Å². The number of nitrogens with two attached hydrogens (primary N) is 2. The molecule has 0 atom stereocenters. The van der Waals surface area contributed by atoms with Crippen molar-refractivity contribution in [2.75, 3.05) is 4.90 Å². The Morgan fingerprint density at radius 2 is 1.78 bits per heavy atom. The van der Waals surface area contributed by atoms with E-state index in [-0.39, 0.29) is 30.1 Å². The molecular weight excluding hydrogens is 362 g/mol. The molecule has 0 spiro atoms. The highest BCUT2D eigenvalue weighted by atomic mass is 35.5. The minimum Gasteiger partial charge on any atom is -0.369 e. The topological polar surface area (TPSA) is 97.1 Å². The maximum absolute atomic E-state index is 12.2. The first-order valence-corrected chi connectivity index (χ1v) is 8.24. The molecule has 7 heteroatoms. The monoisotopic (exact) mass is 383 g/mol. The van der Waals surface area contributed by atoms with Gasteiger partial charge in [0.1, 0.15) is 5.66 Å². The van der Waals surface area contributed by atoms with Crippen LogP contribution in [0.2, 0.25) is 0 Å². The first kappa shape index (κ1) is 20.2. The molecule has 0 bridgehead atoms. The third kappa shape index (κ3) is 4.54. The summed E-state index contributed by atoms with van der Waals surface area (Å²) in [5.74, 6) is 0.394. The summed E-state index contributed by atoms with van der Waals surface area (Å²) < 4.78 is 0. The average Bonchev–Trinajstić information content (AvgIpc) is 2.59. The van der Waals surface area contributed by atoms with E-state index in [1.165, 1.54) is 0 Å². The SMILES string of the molecule is CC1(C)N=C(N)N=C(N)N1c1cccc(/C=C/C(=O)c2ccccc2)c1.Cl. The Hall–Kier alpha value is -3.12. The number of aliphatic imine (C=N–C) groups is 2. The first-order valence-electron chi connectivity index (χ1n) is 8.24. The Kier molecular flexibility index (Phi) is 6.02. The van der Waals surface area contributed by atoms with Crippen LogP contribution in [-0.4, -0.2) is 23.4 Å². The predicted molar refractivity (Wildman–Crippen MR) is 113 cm³/mol. The number of rotatable bonds is 4. The van der Waals surface area contributed by atoms with Crippen LogP contribution in [0, 0.1) is 0 Å². The van der Waals surface area contributed by atoms with Crippen molar-refractivity contribution in [1.29, 1.82) is 0 Å². The summed E-state index contributed by atoms with van der Waals surface area (Å²) in [6.45, 7) is 3.81. The second-order valence-electron chi connectivity index (χ2n) is 6.43. The summed E-state index contributed by atoms with van der Waals surface area (Å²) in [5.41, 5.74) is 13.5. The van der Waals surface area contributed by atoms with Gasteiger partial charge in [0.2, 0.25) is 11.9 Å². The second-order valence-corrected chi connectivity index (χ2v) is 6.43. The molecule has 27 heavy (non-hydrogen) atoms. The molecule has 0 saturated carbocycles. The molecule has 2 aromatic carbocycles. The zero-order valence-corrected chi connectivity index (χ0v) is 16.0. The fourth-order valence-electron chi connectivity index (χ4n) is 2.89. The number of allylic oxidation sites excluding steroid dienone is 1. The average molecular weight is 384 g/mol. The van der Waals surface area contributed by atoms with E-state index in [0.29, 0.717) is 5.56 Å². The van der Waals surface area contributed by atoms with E-state index in [1.807, 2.05) is 56.3 Å². The van der Waals surface area contributed by atoms with Gasteiger partial charge in [-0.05, 0) is 37.6 Å². The van der Waals surface area contributed by atoms with E-state index < -0.39 is 5.66 Å². The summed E-state index contributed by atoms with van der Waals surface area (Å²) in [5, 5.41) is 0. The Labute approximate surface area is 164 Å². The van der Waals surface area contributed by atoms with E-state index in [4.69, 9.17) is 11.5 Å². The number of hydrogen-bond donors (Lipinski definition) is 2. The predicted octanol–water partition coefficient (Wildman–Crippen LogP) is 3.19. The van der Waals surface area contributed by atoms with Crippen molar-refractivity contribution < 1.29 is 4.79 Å². The van der Waals surface area contributed by atoms with Crippen LogP contribution in [0.1, 0.15) is 29.8 Å². The number of guanidine groups is 2. The summed E-state index contributed by atoms with van der Waals surface area (Å²) in [7, 11) is 0. The van der Waals surface area contributed by atoms with Crippen molar-refractivity contribution in [3.63, 3.8) is 0 Å². The van der Waals surface area contributed by atoms with Crippen LogP contribution >= 0.6 is 12.4 Å². The van der Waals surface area contributed by atoms with Crippen molar-refractivity contribution >= 4 is 41.9 Å². The normalized spacial score (nSPS) is 15.7. The molecule has 2 aromatic rings. The fourth-order valence-corrected chi connectivity index (χ4v) is 2.89. The molecule has 0 fully saturated rings. The van der Waals surface area contributed by atoms with Gasteiger partial charge in [-0.3, -0.25) is 9.69 Å². The maximum atomic E-state index is 12.2. The number of nitrogens with zero attached hydrogens (tertiary/aromatic N) is 3. The largest absolute Gasteiger partial charge is 0.369 e. The molecule has 4 N–H and O–H groups in total. The third-order valence-corrected chi connectivity index (χ3v) is 4.01. The number of hydrogen-bond acceptors (Lipinski definition) is 6. The minimum absolute atomic E-state index is 0. The van der Waals surface area contributed by atoms with Crippen LogP contribution in [0.3, 0.4) is 0 Å². The van der Waals surface area contributed by atoms with Gasteiger partial charge in [0, 0.05) is 11.3 Å². The number of benzene rings is 2. The Balaban J connectivity index is 0.00000261. The number of carbonyl (C=O) groups is 1. The van der Waals surface area contributed by atoms with Gasteiger partial charge in [0.15, 0.2) is 5.78 Å². The Bertz CT molecular complexity index is 919. The lowest BCUT2D eigenvalue weighted by molar-refractivity contribution is 0.104. The lowest BCUT2D eigenvalue weighted by Crippen LogP contribution is -2.54. The molecule has 0 amide bonds. The smallest absolute Gasteiger partial charge is 0.220 e. The van der Waals surface area contributed by atoms with E-state index in [1.54, 1.807) is 29.2 Å². The lowest BCUT2D eigenvalue weighted by atomic mass is 10.1. The number of carbonyl (C=O) groups excluding carboxylic acids is 1. The zero-order chi connectivity index (χ0) is 18.7. The molecule has 6 nitrogen and oxygen atoms in total. The summed E-state index contributed by atoms with van der Waals surface area (Å²) >= 11 is 0. The molecule has 0 aromatic heterocycles. The van der Waals surface area contributed by atoms with E-state index in [0.717, 1.165) is 11.3 Å². The minimum atomic E-state index is -0.655. The van der Waals surface area contributed by atoms with Crippen LogP contribution in [0.5, 0.6) is 0 Å². The standard InChI is InChI=1S/C20H21N5O.ClH/c1-20(2)24-18(21)23-19(22)25(20)16-10-6-7-14(13-16)11-12-17(26)15-8-4-3-5-9-15;/h3-13H,1-2H3,(H4,21,22,23,24);1H/b12-11+;. The highest BCUT2D eigenvalue weighted by Gasteiger charge is 2.32. The first-order chi connectivity index (χ1) is 12.4. The Morgan fingerprint density at radius 3 is 2.44 bits per heavy atom. The van der Waals surface area contributed by atoms with Crippen LogP contribution in [0.25, 0.3) is 6.08 Å². The fraction of sp³-hybridized carbons (Fsp3) is 0.150. The quantitative estimate of drug-likeness (QED) is 0.625. The van der Waals surface area contributed by atoms with Gasteiger partial charge >= 0.3 is 0 Å². The number of halogens is 1. The zero-order valence-electron chi connectivity index (χ0n) is 15.2. The van der Waals surface area contributed by atoms with Crippen molar-refractivity contribution in [2.45, 2.75) is 19.5 Å². The van der Waals surface area contributed by atoms with Crippen LogP contribution < -0.4 is 16.4 Å². The van der Waals surface area contributed by atoms with Crippen LogP contribution in [0.15, 0.2) is 70.7 Å². The molecule has 1 aliphatic heterocycles. The number of ketones is 1. The highest BCUT2D eigenvalue weighted by molar-refractivity contribution is 6.07. The van der Waals surface area contributed by atoms with Gasteiger partial charge in [-0.1, -0.05) is 48.5 Å². The van der Waals surface area contributed by atoms with Gasteiger partial charge in [0.05, 0.1) is 0 Å². The molecule has 140 valence electrons. The third-order valence-electron chi connectivity index (χ3n) is 4.01. The molecule has 0 unspecified atom stereocenters. The summed E-state index contributed by atoms with van der Waals surface area (Å²) in [6, 6.07) is 16.8. The van der Waals surface area contributed by atoms with Gasteiger partial charge in [-0.25, -0.2) is 4.99 Å². The molecule has 0 saturated heterocycles. The van der Waals surface area contributed by atoms with Crippen molar-refractivity contribution in [3.8, 4) is 0 Å².